The molecule has 0 aliphatic heterocycles. The van der Waals surface area contributed by atoms with Crippen LogP contribution in [0.4, 0.5) is 16.5 Å². The molecule has 10 heteroatoms. The van der Waals surface area contributed by atoms with E-state index >= 15 is 0 Å². The molecular weight excluding hydrogens is 584 g/mol. The fourth-order valence-corrected chi connectivity index (χ4v) is 5.22. The van der Waals surface area contributed by atoms with Crippen LogP contribution < -0.4 is 20.9 Å². The highest BCUT2D eigenvalue weighted by Gasteiger charge is 2.25. The molecule has 2 unspecified atom stereocenters. The summed E-state index contributed by atoms with van der Waals surface area (Å²) in [7, 11) is 1.80. The van der Waals surface area contributed by atoms with Crippen molar-refractivity contribution in [1.29, 1.82) is 0 Å². The number of likely N-dealkylation sites (N-methyl/N-ethyl adjacent to an activating group) is 1. The van der Waals surface area contributed by atoms with Gasteiger partial charge in [0.2, 0.25) is 12.2 Å². The second-order valence-corrected chi connectivity index (χ2v) is 11.8. The SMILES string of the molecule is C=CN=C(/C(=C(\C)N)N(C)c1ccc(C(=O)Nc2ncc(C)s2)cc1)N(C=O)c1cccc(C(C)C(C)C(=O)C#CCCC)c1. The number of ketones is 1. The summed E-state index contributed by atoms with van der Waals surface area (Å²) >= 11 is 1.40. The number of aryl methyl sites for hydroxylation is 1. The van der Waals surface area contributed by atoms with Crippen LogP contribution in [0.5, 0.6) is 0 Å². The van der Waals surface area contributed by atoms with Crippen LogP contribution in [0.25, 0.3) is 0 Å². The Labute approximate surface area is 269 Å². The average molecular weight is 625 g/mol. The number of aliphatic imine (C=N–C) groups is 1. The molecule has 0 radical (unpaired) electrons. The first kappa shape index (κ1) is 34.5. The van der Waals surface area contributed by atoms with E-state index in [0.717, 1.165) is 16.9 Å². The molecule has 1 aromatic heterocycles. The summed E-state index contributed by atoms with van der Waals surface area (Å²) < 4.78 is 0. The van der Waals surface area contributed by atoms with Gasteiger partial charge in [-0.1, -0.05) is 45.4 Å². The Kier molecular flexibility index (Phi) is 12.4. The van der Waals surface area contributed by atoms with Gasteiger partial charge in [-0.05, 0) is 74.1 Å². The van der Waals surface area contributed by atoms with Gasteiger partial charge >= 0.3 is 0 Å². The lowest BCUT2D eigenvalue weighted by atomic mass is 9.86. The molecule has 2 aromatic carbocycles. The topological polar surface area (TPSA) is 121 Å². The van der Waals surface area contributed by atoms with Crippen molar-refractivity contribution in [2.75, 3.05) is 22.2 Å². The van der Waals surface area contributed by atoms with Gasteiger partial charge in [0.25, 0.3) is 5.91 Å². The molecule has 3 aromatic rings. The predicted molar refractivity (Wildman–Crippen MR) is 184 cm³/mol. The first-order valence-corrected chi connectivity index (χ1v) is 15.4. The van der Waals surface area contributed by atoms with Crippen molar-refractivity contribution < 1.29 is 14.4 Å². The molecular formula is C35H40N6O3S. The highest BCUT2D eigenvalue weighted by atomic mass is 32.1. The number of hydrogen-bond donors (Lipinski definition) is 2. The number of anilines is 3. The first-order valence-electron chi connectivity index (χ1n) is 14.6. The largest absolute Gasteiger partial charge is 0.400 e. The number of benzene rings is 2. The summed E-state index contributed by atoms with van der Waals surface area (Å²) in [6, 6.07) is 14.4. The molecule has 0 aliphatic carbocycles. The molecule has 3 N–H and O–H groups in total. The third-order valence-electron chi connectivity index (χ3n) is 7.25. The zero-order chi connectivity index (χ0) is 33.1. The van der Waals surface area contributed by atoms with E-state index in [4.69, 9.17) is 5.73 Å². The van der Waals surface area contributed by atoms with E-state index in [1.165, 1.54) is 22.4 Å². The molecule has 2 atom stereocenters. The Bertz CT molecular complexity index is 1660. The zero-order valence-corrected chi connectivity index (χ0v) is 27.4. The van der Waals surface area contributed by atoms with Gasteiger partial charge in [0.05, 0.1) is 5.69 Å². The fraction of sp³-hybridized carbons (Fsp3) is 0.286. The maximum absolute atomic E-state index is 12.8. The van der Waals surface area contributed by atoms with Crippen LogP contribution in [0.2, 0.25) is 0 Å². The number of nitrogens with two attached hydrogens (primary N) is 1. The van der Waals surface area contributed by atoms with Crippen LogP contribution >= 0.6 is 11.3 Å². The molecule has 45 heavy (non-hydrogen) atoms. The van der Waals surface area contributed by atoms with E-state index < -0.39 is 0 Å². The second-order valence-electron chi connectivity index (χ2n) is 10.6. The van der Waals surface area contributed by atoms with Gasteiger partial charge < -0.3 is 10.6 Å². The third-order valence-corrected chi connectivity index (χ3v) is 8.08. The molecule has 234 valence electrons. The zero-order valence-electron chi connectivity index (χ0n) is 26.6. The summed E-state index contributed by atoms with van der Waals surface area (Å²) in [6.07, 6.45) is 5.29. The number of carbonyl (C=O) groups is 3. The number of unbranched alkanes of at least 4 members (excludes halogenated alkanes) is 1. The maximum Gasteiger partial charge on any atom is 0.257 e. The van der Waals surface area contributed by atoms with Crippen molar-refractivity contribution in [2.45, 2.75) is 53.4 Å². The summed E-state index contributed by atoms with van der Waals surface area (Å²) in [6.45, 7) is 13.3. The number of rotatable bonds is 12. The molecule has 3 rings (SSSR count). The monoisotopic (exact) mass is 624 g/mol. The minimum Gasteiger partial charge on any atom is -0.400 e. The summed E-state index contributed by atoms with van der Waals surface area (Å²) in [5.74, 6) is 5.07. The van der Waals surface area contributed by atoms with Gasteiger partial charge in [-0.3, -0.25) is 24.6 Å². The van der Waals surface area contributed by atoms with E-state index in [9.17, 15) is 14.4 Å². The van der Waals surface area contributed by atoms with Crippen molar-refractivity contribution in [3.05, 3.63) is 94.9 Å². The number of nitrogens with zero attached hydrogens (tertiary/aromatic N) is 4. The molecule has 0 saturated heterocycles. The number of hydrogen-bond acceptors (Lipinski definition) is 8. The van der Waals surface area contributed by atoms with Gasteiger partial charge in [-0.25, -0.2) is 9.98 Å². The lowest BCUT2D eigenvalue weighted by Gasteiger charge is -2.30. The van der Waals surface area contributed by atoms with Crippen LogP contribution in [0.1, 0.15) is 67.3 Å². The Hall–Kier alpha value is -5.01. The van der Waals surface area contributed by atoms with E-state index in [1.807, 2.05) is 45.9 Å². The van der Waals surface area contributed by atoms with Crippen molar-refractivity contribution >= 4 is 51.8 Å². The molecule has 1 heterocycles. The minimum absolute atomic E-state index is 0.116. The number of Topliss-reactive ketones (excluding diaryl/α,β-unsaturated/α-hetero) is 1. The number of nitrogens with one attached hydrogen (secondary N) is 1. The van der Waals surface area contributed by atoms with Gasteiger partial charge in [-0.15, -0.1) is 11.3 Å². The predicted octanol–water partition coefficient (Wildman–Crippen LogP) is 6.65. The van der Waals surface area contributed by atoms with E-state index in [0.29, 0.717) is 46.3 Å². The van der Waals surface area contributed by atoms with Gasteiger partial charge in [0.15, 0.2) is 11.0 Å². The summed E-state index contributed by atoms with van der Waals surface area (Å²) in [5, 5.41) is 3.34. The van der Waals surface area contributed by atoms with Crippen molar-refractivity contribution in [3.8, 4) is 11.8 Å². The number of amidine groups is 1. The number of aromatic nitrogens is 1. The van der Waals surface area contributed by atoms with Gasteiger partial charge in [0.1, 0.15) is 5.70 Å². The Morgan fingerprint density at radius 2 is 1.89 bits per heavy atom. The van der Waals surface area contributed by atoms with Crippen molar-refractivity contribution in [3.63, 3.8) is 0 Å². The molecule has 0 spiro atoms. The van der Waals surface area contributed by atoms with E-state index in [-0.39, 0.29) is 29.4 Å². The second kappa shape index (κ2) is 16.2. The Balaban J connectivity index is 1.91. The number of amides is 2. The van der Waals surface area contributed by atoms with Gasteiger partial charge in [-0.2, -0.15) is 0 Å². The molecule has 0 saturated carbocycles. The van der Waals surface area contributed by atoms with E-state index in [2.05, 4.69) is 33.7 Å². The van der Waals surface area contributed by atoms with Crippen LogP contribution in [0.3, 0.4) is 0 Å². The lowest BCUT2D eigenvalue weighted by molar-refractivity contribution is -0.117. The normalized spacial score (nSPS) is 13.0. The minimum atomic E-state index is -0.334. The van der Waals surface area contributed by atoms with Crippen LogP contribution in [0.15, 0.2) is 83.9 Å². The smallest absolute Gasteiger partial charge is 0.257 e. The quantitative estimate of drug-likeness (QED) is 0.0766. The maximum atomic E-state index is 12.8. The molecule has 0 aliphatic rings. The van der Waals surface area contributed by atoms with E-state index in [1.54, 1.807) is 55.4 Å². The van der Waals surface area contributed by atoms with Crippen LogP contribution in [0, 0.1) is 24.7 Å². The standard InChI is InChI=1S/C35H40N6O3S/c1-8-10-11-15-31(43)25(5)24(4)28-13-12-14-30(20-28)41(22-42)33(37-9-2)32(26(6)36)40(7)29-18-16-27(17-19-29)34(44)39-35-38-21-23(3)45-35/h9,12-14,16-22,24-25H,2,8,10,36H2,1,3-7H3,(H,38,39,44)/b32-26-,37-33?. The van der Waals surface area contributed by atoms with Crippen LogP contribution in [-0.4, -0.2) is 36.0 Å². The Morgan fingerprint density at radius 1 is 1.18 bits per heavy atom. The summed E-state index contributed by atoms with van der Waals surface area (Å²) in [4.78, 5) is 50.9. The summed E-state index contributed by atoms with van der Waals surface area (Å²) in [5.41, 5.74) is 9.85. The number of carbonyl (C=O) groups excluding carboxylic acids is 3. The highest BCUT2D eigenvalue weighted by molar-refractivity contribution is 7.15. The number of thiazole rings is 1. The molecule has 9 nitrogen and oxygen atoms in total. The lowest BCUT2D eigenvalue weighted by Crippen LogP contribution is -2.38. The molecule has 0 bridgehead atoms. The molecule has 0 fully saturated rings. The third kappa shape index (κ3) is 8.77. The Morgan fingerprint density at radius 3 is 2.47 bits per heavy atom. The number of allylic oxidation sites excluding steroid dienone is 1. The van der Waals surface area contributed by atoms with Crippen molar-refractivity contribution in [2.24, 2.45) is 16.6 Å². The average Bonchev–Trinajstić information content (AvgIpc) is 3.44. The van der Waals surface area contributed by atoms with Crippen LogP contribution in [-0.2, 0) is 9.59 Å². The van der Waals surface area contributed by atoms with Gasteiger partial charge in [0, 0.05) is 53.6 Å². The fourth-order valence-electron chi connectivity index (χ4n) is 4.56. The highest BCUT2D eigenvalue weighted by Crippen LogP contribution is 2.30. The van der Waals surface area contributed by atoms with Crippen molar-refractivity contribution in [1.82, 2.24) is 4.98 Å². The molecule has 2 amide bonds. The first-order chi connectivity index (χ1) is 21.5.